The molecule has 3 atom stereocenters. The molecule has 6 heteroatoms. The van der Waals surface area contributed by atoms with Gasteiger partial charge in [0, 0.05) is 74.1 Å². The highest BCUT2D eigenvalue weighted by Crippen LogP contribution is 2.51. The van der Waals surface area contributed by atoms with Crippen LogP contribution in [0.4, 0.5) is 0 Å². The summed E-state index contributed by atoms with van der Waals surface area (Å²) in [6, 6.07) is 75.7. The van der Waals surface area contributed by atoms with E-state index in [4.69, 9.17) is 18.8 Å². The van der Waals surface area contributed by atoms with Crippen LogP contribution in [-0.4, -0.2) is 11.5 Å². The van der Waals surface area contributed by atoms with Gasteiger partial charge >= 0.3 is 0 Å². The molecule has 0 fully saturated rings. The molecule has 0 saturated carbocycles. The second-order valence-electron chi connectivity index (χ2n) is 22.4. The van der Waals surface area contributed by atoms with Crippen LogP contribution in [0.25, 0.3) is 114 Å². The first kappa shape index (κ1) is 48.9. The minimum absolute atomic E-state index is 0.0840. The molecule has 394 valence electrons. The molecular formula is C76H56N2O2S2. The molecule has 10 aromatic carbocycles. The van der Waals surface area contributed by atoms with E-state index >= 15 is 0 Å². The average molecular weight is 1090 g/mol. The van der Waals surface area contributed by atoms with E-state index in [0.717, 1.165) is 109 Å². The molecule has 0 spiro atoms. The molecule has 0 bridgehead atoms. The van der Waals surface area contributed by atoms with Gasteiger partial charge in [-0.05, 0) is 159 Å². The third-order valence-corrected chi connectivity index (χ3v) is 20.0. The second kappa shape index (κ2) is 19.7. The van der Waals surface area contributed by atoms with Crippen molar-refractivity contribution in [2.24, 2.45) is 9.98 Å². The standard InChI is InChI=1S/C76H56N2O2S2/c1-4-16-64(50-30-34-58-56-21-10-12-27-69(56)81-71(58)42-50)78-76(51-31-35-59-57-22-11-13-28-70(57)82-72(59)43-51)77-45(3)53-23-14-25-67-74(53)63-41-49(33-38-66(63)79-67)54-24-15-26-68-75(54)62-40-48(32-37-65(62)80-68)47-29-36-60-61(39-47)55-20-9-8-19-52(55)44(2)73(60)46-17-6-5-7-18-46/h5-12,14-15,17-27,29-44,64,73H,4,13,16,28H2,1-3H3. The highest BCUT2D eigenvalue weighted by Gasteiger charge is 2.32. The third kappa shape index (κ3) is 8.06. The molecule has 4 heterocycles. The van der Waals surface area contributed by atoms with Gasteiger partial charge in [-0.25, -0.2) is 4.99 Å². The SMILES string of the molecule is CCCC(N=C(N=C(C)c1cccc2oc3ccc(-c4cccc5oc6ccc(-c7ccc8c(c7)-c7ccccc7C(C)C8c7ccccc7)cc6c45)cc3c12)c1ccc2c3c(sc2c1)CCC=C3)c1ccc2c(c1)sc1ccccc12. The Hall–Kier alpha value is -8.94. The highest BCUT2D eigenvalue weighted by molar-refractivity contribution is 7.25. The minimum Gasteiger partial charge on any atom is -0.456 e. The average Bonchev–Trinajstić information content (AvgIpc) is 4.16. The number of benzene rings is 10. The van der Waals surface area contributed by atoms with E-state index in [9.17, 15) is 0 Å². The van der Waals surface area contributed by atoms with Crippen LogP contribution in [0.5, 0.6) is 0 Å². The molecule has 3 unspecified atom stereocenters. The van der Waals surface area contributed by atoms with Crippen LogP contribution in [0.1, 0.15) is 102 Å². The predicted octanol–water partition coefficient (Wildman–Crippen LogP) is 22.1. The summed E-state index contributed by atoms with van der Waals surface area (Å²) in [6.45, 7) is 6.77. The highest BCUT2D eigenvalue weighted by atomic mass is 32.1. The number of furan rings is 2. The first-order valence-corrected chi connectivity index (χ1v) is 30.5. The summed E-state index contributed by atoms with van der Waals surface area (Å²) in [4.78, 5) is 12.8. The summed E-state index contributed by atoms with van der Waals surface area (Å²) in [5.74, 6) is 1.36. The maximum atomic E-state index is 6.72. The van der Waals surface area contributed by atoms with E-state index in [0.29, 0.717) is 5.92 Å². The molecule has 16 rings (SSSR count). The van der Waals surface area contributed by atoms with Crippen molar-refractivity contribution in [1.29, 1.82) is 0 Å². The van der Waals surface area contributed by atoms with Gasteiger partial charge in [-0.3, -0.25) is 4.99 Å². The number of amidine groups is 1. The number of thiophene rings is 2. The molecule has 0 radical (unpaired) electrons. The first-order valence-electron chi connectivity index (χ1n) is 28.9. The number of hydrogen-bond donors (Lipinski definition) is 0. The lowest BCUT2D eigenvalue weighted by Gasteiger charge is -2.34. The first-order chi connectivity index (χ1) is 40.4. The van der Waals surface area contributed by atoms with Crippen LogP contribution in [0, 0.1) is 0 Å². The molecule has 0 aliphatic heterocycles. The number of aryl methyl sites for hydroxylation is 1. The number of aliphatic imine (C=N–C) groups is 2. The van der Waals surface area contributed by atoms with Crippen molar-refractivity contribution in [2.45, 2.75) is 64.3 Å². The van der Waals surface area contributed by atoms with Crippen LogP contribution in [0.3, 0.4) is 0 Å². The fourth-order valence-electron chi connectivity index (χ4n) is 13.7. The van der Waals surface area contributed by atoms with Gasteiger partial charge in [0.1, 0.15) is 22.3 Å². The monoisotopic (exact) mass is 1090 g/mol. The van der Waals surface area contributed by atoms with E-state index in [1.165, 1.54) is 79.6 Å². The second-order valence-corrected chi connectivity index (χ2v) is 24.7. The van der Waals surface area contributed by atoms with Gasteiger partial charge in [0.15, 0.2) is 5.84 Å². The fraction of sp³-hybridized carbons (Fsp3) is 0.132. The van der Waals surface area contributed by atoms with Crippen molar-refractivity contribution >= 4 is 114 Å². The van der Waals surface area contributed by atoms with Gasteiger partial charge in [0.2, 0.25) is 0 Å². The topological polar surface area (TPSA) is 51.0 Å². The van der Waals surface area contributed by atoms with Gasteiger partial charge in [0.25, 0.3) is 0 Å². The van der Waals surface area contributed by atoms with E-state index < -0.39 is 0 Å². The summed E-state index contributed by atoms with van der Waals surface area (Å²) in [5, 5.41) is 8.18. The van der Waals surface area contributed by atoms with Crippen LogP contribution in [0.15, 0.2) is 231 Å². The Morgan fingerprint density at radius 2 is 1.26 bits per heavy atom. The number of rotatable bonds is 9. The van der Waals surface area contributed by atoms with Gasteiger partial charge in [-0.15, -0.1) is 22.7 Å². The molecule has 2 aliphatic carbocycles. The zero-order valence-corrected chi connectivity index (χ0v) is 47.5. The summed E-state index contributed by atoms with van der Waals surface area (Å²) >= 11 is 3.77. The Morgan fingerprint density at radius 1 is 0.549 bits per heavy atom. The Kier molecular flexibility index (Phi) is 11.7. The van der Waals surface area contributed by atoms with Crippen molar-refractivity contribution in [1.82, 2.24) is 0 Å². The number of hydrogen-bond acceptors (Lipinski definition) is 5. The Balaban J connectivity index is 0.809. The van der Waals surface area contributed by atoms with Gasteiger partial charge in [-0.2, -0.15) is 0 Å². The molecule has 2 aliphatic rings. The number of nitrogens with zero attached hydrogens (tertiary/aromatic N) is 2. The normalized spacial score (nSPS) is 15.8. The van der Waals surface area contributed by atoms with E-state index in [1.54, 1.807) is 0 Å². The number of fused-ring (bicyclic) bond motifs is 15. The Labute approximate surface area is 484 Å². The molecule has 4 aromatic heterocycles. The molecule has 0 N–H and O–H groups in total. The van der Waals surface area contributed by atoms with Crippen molar-refractivity contribution in [3.8, 4) is 33.4 Å². The number of allylic oxidation sites excluding steroid dienone is 1. The van der Waals surface area contributed by atoms with Crippen LogP contribution >= 0.6 is 22.7 Å². The zero-order valence-electron chi connectivity index (χ0n) is 45.9. The lowest BCUT2D eigenvalue weighted by atomic mass is 9.69. The van der Waals surface area contributed by atoms with E-state index in [-0.39, 0.29) is 12.0 Å². The quantitative estimate of drug-likeness (QED) is 0.107. The van der Waals surface area contributed by atoms with Gasteiger partial charge in [-0.1, -0.05) is 178 Å². The van der Waals surface area contributed by atoms with Gasteiger partial charge in [0.05, 0.1) is 6.04 Å². The van der Waals surface area contributed by atoms with E-state index in [1.807, 2.05) is 22.7 Å². The largest absolute Gasteiger partial charge is 0.456 e. The molecule has 14 aromatic rings. The van der Waals surface area contributed by atoms with Gasteiger partial charge < -0.3 is 8.83 Å². The van der Waals surface area contributed by atoms with Crippen LogP contribution in [-0.2, 0) is 6.42 Å². The minimum atomic E-state index is -0.0840. The molecular weight excluding hydrogens is 1040 g/mol. The van der Waals surface area contributed by atoms with Crippen LogP contribution in [0.2, 0.25) is 0 Å². The summed E-state index contributed by atoms with van der Waals surface area (Å²) in [6.07, 6.45) is 8.67. The molecule has 4 nitrogen and oxygen atoms in total. The lowest BCUT2D eigenvalue weighted by Crippen LogP contribution is -2.17. The maximum Gasteiger partial charge on any atom is 0.155 e. The molecule has 82 heavy (non-hydrogen) atoms. The lowest BCUT2D eigenvalue weighted by molar-refractivity contribution is 0.641. The summed E-state index contributed by atoms with van der Waals surface area (Å²) in [5.41, 5.74) is 20.2. The van der Waals surface area contributed by atoms with Crippen molar-refractivity contribution in [3.05, 3.63) is 256 Å². The maximum absolute atomic E-state index is 6.72. The van der Waals surface area contributed by atoms with Crippen molar-refractivity contribution in [2.75, 3.05) is 0 Å². The Morgan fingerprint density at radius 3 is 2.13 bits per heavy atom. The summed E-state index contributed by atoms with van der Waals surface area (Å²) < 4.78 is 17.3. The predicted molar refractivity (Wildman–Crippen MR) is 349 cm³/mol. The third-order valence-electron chi connectivity index (χ3n) is 17.6. The fourth-order valence-corrected chi connectivity index (χ4v) is 16.1. The summed E-state index contributed by atoms with van der Waals surface area (Å²) in [7, 11) is 0. The smallest absolute Gasteiger partial charge is 0.155 e. The molecule has 0 amide bonds. The van der Waals surface area contributed by atoms with Crippen LogP contribution < -0.4 is 0 Å². The molecule has 0 saturated heterocycles. The zero-order chi connectivity index (χ0) is 54.6. The van der Waals surface area contributed by atoms with Crippen molar-refractivity contribution < 1.29 is 8.83 Å². The van der Waals surface area contributed by atoms with E-state index in [2.05, 4.69) is 239 Å². The van der Waals surface area contributed by atoms with Crippen molar-refractivity contribution in [3.63, 3.8) is 0 Å². The Bertz CT molecular complexity index is 5000.